The Morgan fingerprint density at radius 2 is 2.41 bits per heavy atom. The maximum Gasteiger partial charge on any atom is 0.134 e. The molecule has 0 amide bonds. The summed E-state index contributed by atoms with van der Waals surface area (Å²) in [6.45, 7) is 5.05. The van der Waals surface area contributed by atoms with Gasteiger partial charge in [-0.15, -0.1) is 5.10 Å². The van der Waals surface area contributed by atoms with E-state index < -0.39 is 0 Å². The van der Waals surface area contributed by atoms with E-state index in [1.165, 1.54) is 24.4 Å². The van der Waals surface area contributed by atoms with Crippen molar-refractivity contribution < 1.29 is 5.11 Å². The lowest BCUT2D eigenvalue weighted by Gasteiger charge is -2.34. The summed E-state index contributed by atoms with van der Waals surface area (Å²) in [6.07, 6.45) is 3.52. The Labute approximate surface area is 106 Å². The van der Waals surface area contributed by atoms with Gasteiger partial charge in [0.15, 0.2) is 0 Å². The van der Waals surface area contributed by atoms with Gasteiger partial charge >= 0.3 is 0 Å². The summed E-state index contributed by atoms with van der Waals surface area (Å²) in [5, 5.41) is 17.9. The average Bonchev–Trinajstić information content (AvgIpc) is 2.78. The van der Waals surface area contributed by atoms with Gasteiger partial charge in [0.2, 0.25) is 0 Å². The first-order valence-corrected chi connectivity index (χ1v) is 7.02. The molecule has 0 spiro atoms. The number of hydrogen-bond acceptors (Lipinski definition) is 6. The highest BCUT2D eigenvalue weighted by Crippen LogP contribution is 2.23. The number of piperidine rings is 1. The number of nitrogens with one attached hydrogen (secondary N) is 1. The van der Waals surface area contributed by atoms with E-state index in [1.54, 1.807) is 0 Å². The van der Waals surface area contributed by atoms with Crippen molar-refractivity contribution in [2.24, 2.45) is 0 Å². The van der Waals surface area contributed by atoms with Gasteiger partial charge in [0.1, 0.15) is 10.7 Å². The third-order valence-electron chi connectivity index (χ3n) is 3.21. The molecule has 0 radical (unpaired) electrons. The molecule has 2 N–H and O–H groups in total. The molecule has 1 aliphatic heterocycles. The number of anilines is 1. The zero-order valence-electron chi connectivity index (χ0n) is 10.2. The standard InChI is InChI=1S/C11H20N4OS/c1-2-12-11-10(13-14-17-11)7-15-6-4-3-5-9(15)8-16/h9,12,16H,2-8H2,1H3. The molecule has 5 nitrogen and oxygen atoms in total. The molecule has 1 aromatic rings. The smallest absolute Gasteiger partial charge is 0.134 e. The Kier molecular flexibility index (Phi) is 4.70. The number of aromatic nitrogens is 2. The summed E-state index contributed by atoms with van der Waals surface area (Å²) in [5.41, 5.74) is 1.01. The molecule has 0 saturated carbocycles. The van der Waals surface area contributed by atoms with Gasteiger partial charge in [0.05, 0.1) is 6.61 Å². The zero-order valence-corrected chi connectivity index (χ0v) is 11.0. The molecular formula is C11H20N4OS. The Hall–Kier alpha value is -0.720. The summed E-state index contributed by atoms with van der Waals surface area (Å²) in [5.74, 6) is 0. The first-order chi connectivity index (χ1) is 8.35. The zero-order chi connectivity index (χ0) is 12.1. The predicted octanol–water partition coefficient (Wildman–Crippen LogP) is 1.32. The first kappa shape index (κ1) is 12.7. The van der Waals surface area contributed by atoms with Crippen LogP contribution in [0.15, 0.2) is 0 Å². The Morgan fingerprint density at radius 1 is 1.53 bits per heavy atom. The lowest BCUT2D eigenvalue weighted by molar-refractivity contribution is 0.0832. The largest absolute Gasteiger partial charge is 0.395 e. The van der Waals surface area contributed by atoms with E-state index in [2.05, 4.69) is 26.7 Å². The molecule has 2 heterocycles. The third-order valence-corrected chi connectivity index (χ3v) is 3.93. The van der Waals surface area contributed by atoms with E-state index in [0.29, 0.717) is 6.04 Å². The van der Waals surface area contributed by atoms with Crippen molar-refractivity contribution in [1.29, 1.82) is 0 Å². The van der Waals surface area contributed by atoms with Gasteiger partial charge in [0.25, 0.3) is 0 Å². The Bertz CT molecular complexity index is 344. The van der Waals surface area contributed by atoms with E-state index in [0.717, 1.165) is 36.8 Å². The summed E-state index contributed by atoms with van der Waals surface area (Å²) < 4.78 is 4.00. The van der Waals surface area contributed by atoms with Crippen LogP contribution in [0.2, 0.25) is 0 Å². The van der Waals surface area contributed by atoms with Crippen molar-refractivity contribution in [3.63, 3.8) is 0 Å². The summed E-state index contributed by atoms with van der Waals surface area (Å²) >= 11 is 1.41. The van der Waals surface area contributed by atoms with E-state index in [1.807, 2.05) is 0 Å². The molecule has 6 heteroatoms. The first-order valence-electron chi connectivity index (χ1n) is 6.25. The molecule has 2 rings (SSSR count). The molecule has 1 fully saturated rings. The normalized spacial score (nSPS) is 21.6. The topological polar surface area (TPSA) is 61.3 Å². The fourth-order valence-corrected chi connectivity index (χ4v) is 2.91. The number of rotatable bonds is 5. The molecule has 96 valence electrons. The van der Waals surface area contributed by atoms with Gasteiger partial charge in [-0.2, -0.15) is 0 Å². The van der Waals surface area contributed by atoms with E-state index in [4.69, 9.17) is 0 Å². The summed E-state index contributed by atoms with van der Waals surface area (Å²) in [7, 11) is 0. The summed E-state index contributed by atoms with van der Waals surface area (Å²) in [6, 6.07) is 0.292. The van der Waals surface area contributed by atoms with Gasteiger partial charge in [-0.25, -0.2) is 0 Å². The highest BCUT2D eigenvalue weighted by Gasteiger charge is 2.23. The lowest BCUT2D eigenvalue weighted by atomic mass is 10.0. The number of nitrogens with zero attached hydrogens (tertiary/aromatic N) is 3. The van der Waals surface area contributed by atoms with Crippen molar-refractivity contribution in [3.8, 4) is 0 Å². The van der Waals surface area contributed by atoms with Crippen LogP contribution in [-0.2, 0) is 6.54 Å². The van der Waals surface area contributed by atoms with Gasteiger partial charge in [-0.3, -0.25) is 4.90 Å². The minimum atomic E-state index is 0.244. The second kappa shape index (κ2) is 6.28. The second-order valence-electron chi connectivity index (χ2n) is 4.38. The van der Waals surface area contributed by atoms with Crippen molar-refractivity contribution in [3.05, 3.63) is 5.69 Å². The fraction of sp³-hybridized carbons (Fsp3) is 0.818. The molecule has 1 saturated heterocycles. The van der Waals surface area contributed by atoms with Crippen LogP contribution in [0, 0.1) is 0 Å². The van der Waals surface area contributed by atoms with Crippen LogP contribution in [0.25, 0.3) is 0 Å². The molecule has 0 aromatic carbocycles. The molecule has 1 atom stereocenters. The molecule has 17 heavy (non-hydrogen) atoms. The molecule has 0 bridgehead atoms. The van der Waals surface area contributed by atoms with Crippen LogP contribution < -0.4 is 5.32 Å². The number of aliphatic hydroxyl groups is 1. The van der Waals surface area contributed by atoms with Crippen LogP contribution in [0.4, 0.5) is 5.00 Å². The van der Waals surface area contributed by atoms with E-state index >= 15 is 0 Å². The number of hydrogen-bond donors (Lipinski definition) is 2. The van der Waals surface area contributed by atoms with Crippen molar-refractivity contribution in [2.75, 3.05) is 25.0 Å². The van der Waals surface area contributed by atoms with Crippen LogP contribution in [-0.4, -0.2) is 45.3 Å². The highest BCUT2D eigenvalue weighted by atomic mass is 32.1. The van der Waals surface area contributed by atoms with Crippen molar-refractivity contribution in [2.45, 2.75) is 38.8 Å². The molecular weight excluding hydrogens is 236 g/mol. The van der Waals surface area contributed by atoms with E-state index in [-0.39, 0.29) is 6.61 Å². The molecule has 1 unspecified atom stereocenters. The van der Waals surface area contributed by atoms with Gasteiger partial charge < -0.3 is 10.4 Å². The monoisotopic (exact) mass is 256 g/mol. The van der Waals surface area contributed by atoms with Crippen LogP contribution in [0.5, 0.6) is 0 Å². The maximum atomic E-state index is 9.37. The second-order valence-corrected chi connectivity index (χ2v) is 5.14. The Balaban J connectivity index is 2.00. The van der Waals surface area contributed by atoms with Crippen molar-refractivity contribution >= 4 is 16.5 Å². The molecule has 1 aromatic heterocycles. The molecule has 1 aliphatic rings. The average molecular weight is 256 g/mol. The maximum absolute atomic E-state index is 9.37. The van der Waals surface area contributed by atoms with Crippen molar-refractivity contribution in [1.82, 2.24) is 14.5 Å². The lowest BCUT2D eigenvalue weighted by Crippen LogP contribution is -2.41. The van der Waals surface area contributed by atoms with Crippen LogP contribution in [0.3, 0.4) is 0 Å². The SMILES string of the molecule is CCNc1snnc1CN1CCCCC1CO. The molecule has 0 aliphatic carbocycles. The van der Waals surface area contributed by atoms with Gasteiger partial charge in [-0.1, -0.05) is 10.9 Å². The van der Waals surface area contributed by atoms with Gasteiger partial charge in [-0.05, 0) is 26.3 Å². The fourth-order valence-electron chi connectivity index (χ4n) is 2.27. The van der Waals surface area contributed by atoms with Gasteiger partial charge in [0, 0.05) is 30.7 Å². The Morgan fingerprint density at radius 3 is 3.18 bits per heavy atom. The number of aliphatic hydroxyl groups excluding tert-OH is 1. The quantitative estimate of drug-likeness (QED) is 0.832. The number of likely N-dealkylation sites (tertiary alicyclic amines) is 1. The van der Waals surface area contributed by atoms with Crippen LogP contribution in [0.1, 0.15) is 31.9 Å². The minimum absolute atomic E-state index is 0.244. The van der Waals surface area contributed by atoms with Crippen LogP contribution >= 0.6 is 11.5 Å². The third kappa shape index (κ3) is 3.14. The minimum Gasteiger partial charge on any atom is -0.395 e. The summed E-state index contributed by atoms with van der Waals surface area (Å²) in [4.78, 5) is 2.32. The predicted molar refractivity (Wildman–Crippen MR) is 69.2 cm³/mol. The van der Waals surface area contributed by atoms with E-state index in [9.17, 15) is 5.11 Å². The highest BCUT2D eigenvalue weighted by molar-refractivity contribution is 7.10.